The third kappa shape index (κ3) is 3.52. The maximum absolute atomic E-state index is 5.44. The van der Waals surface area contributed by atoms with Gasteiger partial charge in [0.2, 0.25) is 0 Å². The normalized spacial score (nSPS) is 20.3. The van der Waals surface area contributed by atoms with E-state index in [2.05, 4.69) is 6.92 Å². The summed E-state index contributed by atoms with van der Waals surface area (Å²) in [6.45, 7) is 8.75. The van der Waals surface area contributed by atoms with E-state index in [1.807, 2.05) is 13.8 Å². The van der Waals surface area contributed by atoms with Crippen LogP contribution in [-0.2, 0) is 4.74 Å². The molecule has 0 bridgehead atoms. The van der Waals surface area contributed by atoms with E-state index in [4.69, 9.17) is 4.74 Å². The lowest BCUT2D eigenvalue weighted by Crippen LogP contribution is -2.20. The molecule has 0 aromatic carbocycles. The molecule has 0 saturated heterocycles. The maximum atomic E-state index is 5.44. The van der Waals surface area contributed by atoms with Crippen LogP contribution in [0.1, 0.15) is 26.7 Å². The summed E-state index contributed by atoms with van der Waals surface area (Å²) in [6.07, 6.45) is 2.71. The number of hydrogen-bond acceptors (Lipinski definition) is 1. The molecule has 0 atom stereocenters. The van der Waals surface area contributed by atoms with Gasteiger partial charge in [-0.25, -0.2) is 0 Å². The van der Waals surface area contributed by atoms with Crippen LogP contribution >= 0.6 is 0 Å². The van der Waals surface area contributed by atoms with E-state index in [0.29, 0.717) is 0 Å². The summed E-state index contributed by atoms with van der Waals surface area (Å²) in [5.74, 6) is 0.853. The zero-order valence-corrected chi connectivity index (χ0v) is 6.31. The molecular formula is C8H15O. The van der Waals surface area contributed by atoms with Crippen LogP contribution in [0.3, 0.4) is 0 Å². The van der Waals surface area contributed by atoms with Gasteiger partial charge in [-0.05, 0) is 39.5 Å². The summed E-state index contributed by atoms with van der Waals surface area (Å²) in [4.78, 5) is 0. The lowest BCUT2D eigenvalue weighted by molar-refractivity contribution is 0.0109. The molecule has 1 aliphatic carbocycles. The van der Waals surface area contributed by atoms with Gasteiger partial charge in [-0.3, -0.25) is 0 Å². The molecule has 1 heteroatoms. The minimum absolute atomic E-state index is 0.178. The van der Waals surface area contributed by atoms with Gasteiger partial charge in [0, 0.05) is 0 Å². The topological polar surface area (TPSA) is 9.23 Å². The van der Waals surface area contributed by atoms with Crippen LogP contribution in [0.15, 0.2) is 0 Å². The minimum atomic E-state index is -0.178. The predicted octanol–water partition coefficient (Wildman–Crippen LogP) is 2.03. The van der Waals surface area contributed by atoms with Crippen LogP contribution in [0.25, 0.3) is 0 Å². The molecule has 0 aromatic rings. The fourth-order valence-corrected chi connectivity index (χ4v) is 0.628. The van der Waals surface area contributed by atoms with Crippen LogP contribution in [-0.4, -0.2) is 12.2 Å². The van der Waals surface area contributed by atoms with E-state index in [1.165, 1.54) is 12.8 Å². The molecule has 1 rings (SSSR count). The van der Waals surface area contributed by atoms with Crippen LogP contribution in [0, 0.1) is 12.8 Å². The van der Waals surface area contributed by atoms with Gasteiger partial charge < -0.3 is 4.74 Å². The van der Waals surface area contributed by atoms with Crippen LogP contribution in [0.2, 0.25) is 0 Å². The Balaban J connectivity index is 2.03. The zero-order valence-electron chi connectivity index (χ0n) is 6.31. The van der Waals surface area contributed by atoms with Crippen LogP contribution < -0.4 is 0 Å². The molecule has 0 unspecified atom stereocenters. The molecule has 0 amide bonds. The molecule has 1 aliphatic rings. The second-order valence-electron chi connectivity index (χ2n) is 3.51. The maximum Gasteiger partial charge on any atom is 0.0627 e. The first kappa shape index (κ1) is 7.07. The van der Waals surface area contributed by atoms with Gasteiger partial charge in [0.1, 0.15) is 0 Å². The highest BCUT2D eigenvalue weighted by molar-refractivity contribution is 4.76. The second kappa shape index (κ2) is 2.30. The van der Waals surface area contributed by atoms with Crippen molar-refractivity contribution < 1.29 is 4.74 Å². The lowest BCUT2D eigenvalue weighted by atomic mass is 10.2. The van der Waals surface area contributed by atoms with Crippen LogP contribution in [0.4, 0.5) is 0 Å². The highest BCUT2D eigenvalue weighted by Crippen LogP contribution is 2.30. The highest BCUT2D eigenvalue weighted by Gasteiger charge is 2.23. The van der Waals surface area contributed by atoms with E-state index in [1.54, 1.807) is 0 Å². The summed E-state index contributed by atoms with van der Waals surface area (Å²) in [5, 5.41) is 0. The van der Waals surface area contributed by atoms with Crippen molar-refractivity contribution in [1.29, 1.82) is 0 Å². The minimum Gasteiger partial charge on any atom is -0.375 e. The van der Waals surface area contributed by atoms with Gasteiger partial charge in [0.25, 0.3) is 0 Å². The summed E-state index contributed by atoms with van der Waals surface area (Å²) >= 11 is 0. The zero-order chi connectivity index (χ0) is 6.91. The van der Waals surface area contributed by atoms with E-state index in [-0.39, 0.29) is 5.60 Å². The van der Waals surface area contributed by atoms with E-state index in [9.17, 15) is 0 Å². The highest BCUT2D eigenvalue weighted by atomic mass is 16.5. The van der Waals surface area contributed by atoms with E-state index >= 15 is 0 Å². The van der Waals surface area contributed by atoms with E-state index in [0.717, 1.165) is 12.5 Å². The van der Waals surface area contributed by atoms with Crippen molar-refractivity contribution in [3.63, 3.8) is 0 Å². The van der Waals surface area contributed by atoms with Crippen molar-refractivity contribution in [2.45, 2.75) is 32.3 Å². The molecule has 0 aromatic heterocycles. The first-order chi connectivity index (χ1) is 4.08. The Hall–Kier alpha value is -0.0400. The lowest BCUT2D eigenvalue weighted by Gasteiger charge is -2.18. The van der Waals surface area contributed by atoms with Crippen molar-refractivity contribution >= 4 is 0 Å². The Morgan fingerprint density at radius 3 is 2.44 bits per heavy atom. The fraction of sp³-hybridized carbons (Fsp3) is 0.875. The third-order valence-electron chi connectivity index (χ3n) is 1.41. The molecule has 1 nitrogen and oxygen atoms in total. The smallest absolute Gasteiger partial charge is 0.0627 e. The molecule has 1 radical (unpaired) electrons. The first-order valence-electron chi connectivity index (χ1n) is 3.57. The molecule has 0 N–H and O–H groups in total. The van der Waals surface area contributed by atoms with Crippen LogP contribution in [0.5, 0.6) is 0 Å². The van der Waals surface area contributed by atoms with Crippen molar-refractivity contribution in [2.24, 2.45) is 5.92 Å². The average molecular weight is 127 g/mol. The Morgan fingerprint density at radius 1 is 1.56 bits per heavy atom. The van der Waals surface area contributed by atoms with Gasteiger partial charge in [0.05, 0.1) is 12.2 Å². The Morgan fingerprint density at radius 2 is 2.11 bits per heavy atom. The third-order valence-corrected chi connectivity index (χ3v) is 1.41. The Labute approximate surface area is 57.4 Å². The average Bonchev–Trinajstić information content (AvgIpc) is 2.38. The van der Waals surface area contributed by atoms with Gasteiger partial charge in [-0.2, -0.15) is 0 Å². The van der Waals surface area contributed by atoms with Gasteiger partial charge in [-0.1, -0.05) is 0 Å². The fourth-order valence-electron chi connectivity index (χ4n) is 0.628. The number of rotatable bonds is 3. The van der Waals surface area contributed by atoms with Gasteiger partial charge in [0.15, 0.2) is 0 Å². The first-order valence-corrected chi connectivity index (χ1v) is 3.57. The van der Waals surface area contributed by atoms with Crippen molar-refractivity contribution in [1.82, 2.24) is 0 Å². The molecule has 0 spiro atoms. The van der Waals surface area contributed by atoms with Crippen molar-refractivity contribution in [3.8, 4) is 0 Å². The molecule has 0 heterocycles. The summed E-state index contributed by atoms with van der Waals surface area (Å²) in [7, 11) is 0. The Bertz CT molecular complexity index is 87.2. The summed E-state index contributed by atoms with van der Waals surface area (Å²) in [6, 6.07) is 0. The van der Waals surface area contributed by atoms with E-state index < -0.39 is 0 Å². The van der Waals surface area contributed by atoms with Gasteiger partial charge in [-0.15, -0.1) is 0 Å². The molecule has 0 aliphatic heterocycles. The molecule has 1 fully saturated rings. The SMILES string of the molecule is [CH2]C(C)(C)OCC1CC1. The quantitative estimate of drug-likeness (QED) is 0.563. The van der Waals surface area contributed by atoms with Crippen molar-refractivity contribution in [3.05, 3.63) is 6.92 Å². The monoisotopic (exact) mass is 127 g/mol. The molecule has 53 valence electrons. The molecular weight excluding hydrogens is 112 g/mol. The summed E-state index contributed by atoms with van der Waals surface area (Å²) < 4.78 is 5.44. The number of ether oxygens (including phenoxy) is 1. The second-order valence-corrected chi connectivity index (χ2v) is 3.51. The predicted molar refractivity (Wildman–Crippen MR) is 38.1 cm³/mol. The standard InChI is InChI=1S/C8H15O/c1-8(2,3)9-6-7-4-5-7/h7H,1,4-6H2,2-3H3. The van der Waals surface area contributed by atoms with Gasteiger partial charge >= 0.3 is 0 Å². The molecule has 1 saturated carbocycles. The van der Waals surface area contributed by atoms with Crippen molar-refractivity contribution in [2.75, 3.05) is 6.61 Å². The Kier molecular flexibility index (Phi) is 1.80. The summed E-state index contributed by atoms with van der Waals surface area (Å²) in [5.41, 5.74) is -0.178. The molecule has 9 heavy (non-hydrogen) atoms. The number of hydrogen-bond donors (Lipinski definition) is 0. The largest absolute Gasteiger partial charge is 0.375 e.